The van der Waals surface area contributed by atoms with Crippen molar-refractivity contribution in [2.24, 2.45) is 0 Å². The molecule has 0 saturated heterocycles. The molecule has 1 aromatic heterocycles. The molecule has 3 rings (SSSR count). The van der Waals surface area contributed by atoms with Gasteiger partial charge in [0.2, 0.25) is 0 Å². The zero-order valence-corrected chi connectivity index (χ0v) is 13.1. The second-order valence-corrected chi connectivity index (χ2v) is 6.71. The minimum absolute atomic E-state index is 0.315. The van der Waals surface area contributed by atoms with Crippen LogP contribution >= 0.6 is 11.3 Å². The SMILES string of the molecule is COc1ccc2nc(NCC3(N(C)C)CCC3)sc2c1. The Morgan fingerprint density at radius 1 is 1.40 bits per heavy atom. The van der Waals surface area contributed by atoms with Crippen LogP contribution in [0.4, 0.5) is 5.13 Å². The Bertz CT molecular complexity index is 604. The zero-order valence-electron chi connectivity index (χ0n) is 12.3. The number of nitrogens with zero attached hydrogens (tertiary/aromatic N) is 2. The molecule has 1 aliphatic rings. The normalized spacial score (nSPS) is 17.2. The monoisotopic (exact) mass is 291 g/mol. The van der Waals surface area contributed by atoms with Crippen molar-refractivity contribution in [2.45, 2.75) is 24.8 Å². The quantitative estimate of drug-likeness (QED) is 0.918. The standard InChI is InChI=1S/C15H21N3OS/c1-18(2)15(7-4-8-15)10-16-14-17-12-6-5-11(19-3)9-13(12)20-14/h5-6,9H,4,7-8,10H2,1-3H3,(H,16,17). The van der Waals surface area contributed by atoms with Gasteiger partial charge in [0.15, 0.2) is 5.13 Å². The number of hydrogen-bond donors (Lipinski definition) is 1. The van der Waals surface area contributed by atoms with Crippen molar-refractivity contribution in [1.29, 1.82) is 0 Å². The maximum atomic E-state index is 5.26. The summed E-state index contributed by atoms with van der Waals surface area (Å²) in [4.78, 5) is 6.99. The lowest BCUT2D eigenvalue weighted by atomic mass is 9.75. The van der Waals surface area contributed by atoms with E-state index < -0.39 is 0 Å². The van der Waals surface area contributed by atoms with E-state index in [0.717, 1.165) is 22.9 Å². The molecule has 1 saturated carbocycles. The Balaban J connectivity index is 1.74. The summed E-state index contributed by atoms with van der Waals surface area (Å²) >= 11 is 1.69. The van der Waals surface area contributed by atoms with Gasteiger partial charge < -0.3 is 15.0 Å². The average Bonchev–Trinajstić information content (AvgIpc) is 2.78. The molecule has 1 aliphatic carbocycles. The van der Waals surface area contributed by atoms with E-state index in [1.54, 1.807) is 18.4 Å². The van der Waals surface area contributed by atoms with Gasteiger partial charge in [-0.3, -0.25) is 0 Å². The fourth-order valence-electron chi connectivity index (χ4n) is 2.71. The van der Waals surface area contributed by atoms with Crippen molar-refractivity contribution in [2.75, 3.05) is 33.1 Å². The summed E-state index contributed by atoms with van der Waals surface area (Å²) in [7, 11) is 6.03. The van der Waals surface area contributed by atoms with Gasteiger partial charge in [-0.2, -0.15) is 0 Å². The fourth-order valence-corrected chi connectivity index (χ4v) is 3.60. The van der Waals surface area contributed by atoms with Gasteiger partial charge in [0.1, 0.15) is 5.75 Å². The molecule has 0 bridgehead atoms. The number of benzene rings is 1. The van der Waals surface area contributed by atoms with Crippen molar-refractivity contribution in [3.63, 3.8) is 0 Å². The number of aromatic nitrogens is 1. The molecule has 0 unspecified atom stereocenters. The molecular formula is C15H21N3OS. The molecule has 108 valence electrons. The third-order valence-electron chi connectivity index (χ3n) is 4.40. The minimum atomic E-state index is 0.315. The molecule has 4 nitrogen and oxygen atoms in total. The van der Waals surface area contributed by atoms with E-state index in [1.165, 1.54) is 24.0 Å². The second kappa shape index (κ2) is 5.22. The molecule has 0 amide bonds. The van der Waals surface area contributed by atoms with Crippen LogP contribution < -0.4 is 10.1 Å². The first-order chi connectivity index (χ1) is 9.63. The van der Waals surface area contributed by atoms with E-state index in [0.29, 0.717) is 5.54 Å². The van der Waals surface area contributed by atoms with Gasteiger partial charge in [0.05, 0.1) is 17.3 Å². The van der Waals surface area contributed by atoms with E-state index in [-0.39, 0.29) is 0 Å². The number of hydrogen-bond acceptors (Lipinski definition) is 5. The van der Waals surface area contributed by atoms with Crippen LogP contribution in [0.15, 0.2) is 18.2 Å². The third kappa shape index (κ3) is 2.36. The lowest BCUT2D eigenvalue weighted by Gasteiger charge is -2.47. The van der Waals surface area contributed by atoms with Crippen LogP contribution in [0.3, 0.4) is 0 Å². The van der Waals surface area contributed by atoms with Gasteiger partial charge in [-0.25, -0.2) is 4.98 Å². The van der Waals surface area contributed by atoms with E-state index >= 15 is 0 Å². The lowest BCUT2D eigenvalue weighted by molar-refractivity contribution is 0.0739. The predicted molar refractivity (Wildman–Crippen MR) is 84.9 cm³/mol. The molecule has 0 radical (unpaired) electrons. The van der Waals surface area contributed by atoms with Gasteiger partial charge in [0.25, 0.3) is 0 Å². The number of methoxy groups -OCH3 is 1. The van der Waals surface area contributed by atoms with Crippen LogP contribution in [-0.4, -0.2) is 43.2 Å². The van der Waals surface area contributed by atoms with Gasteiger partial charge in [-0.15, -0.1) is 0 Å². The largest absolute Gasteiger partial charge is 0.497 e. The van der Waals surface area contributed by atoms with Gasteiger partial charge in [-0.05, 0) is 51.6 Å². The predicted octanol–water partition coefficient (Wildman–Crippen LogP) is 3.20. The van der Waals surface area contributed by atoms with Crippen LogP contribution in [0.25, 0.3) is 10.2 Å². The van der Waals surface area contributed by atoms with Crippen LogP contribution in [0.1, 0.15) is 19.3 Å². The summed E-state index contributed by atoms with van der Waals surface area (Å²) in [5, 5.41) is 4.52. The molecule has 0 spiro atoms. The Kier molecular flexibility index (Phi) is 3.56. The first-order valence-corrected chi connectivity index (χ1v) is 7.80. The van der Waals surface area contributed by atoms with Crippen LogP contribution in [0.5, 0.6) is 5.75 Å². The van der Waals surface area contributed by atoms with Gasteiger partial charge in [-0.1, -0.05) is 11.3 Å². The van der Waals surface area contributed by atoms with E-state index in [1.807, 2.05) is 18.2 Å². The Hall–Kier alpha value is -1.33. The summed E-state index contributed by atoms with van der Waals surface area (Å²) in [6.07, 6.45) is 3.87. The number of nitrogens with one attached hydrogen (secondary N) is 1. The summed E-state index contributed by atoms with van der Waals surface area (Å²) in [6.45, 7) is 0.969. The summed E-state index contributed by atoms with van der Waals surface area (Å²) in [5.41, 5.74) is 1.35. The summed E-state index contributed by atoms with van der Waals surface area (Å²) in [6, 6.07) is 6.02. The van der Waals surface area contributed by atoms with E-state index in [2.05, 4.69) is 29.3 Å². The minimum Gasteiger partial charge on any atom is -0.497 e. The zero-order chi connectivity index (χ0) is 14.2. The fraction of sp³-hybridized carbons (Fsp3) is 0.533. The Morgan fingerprint density at radius 2 is 2.20 bits per heavy atom. The van der Waals surface area contributed by atoms with E-state index in [9.17, 15) is 0 Å². The third-order valence-corrected chi connectivity index (χ3v) is 5.37. The van der Waals surface area contributed by atoms with Crippen LogP contribution in [0.2, 0.25) is 0 Å². The molecular weight excluding hydrogens is 270 g/mol. The number of ether oxygens (including phenoxy) is 1. The highest BCUT2D eigenvalue weighted by Crippen LogP contribution is 2.37. The molecule has 1 heterocycles. The molecule has 5 heteroatoms. The Labute approximate surface area is 123 Å². The molecule has 1 fully saturated rings. The van der Waals surface area contributed by atoms with Crippen molar-refractivity contribution >= 4 is 26.7 Å². The lowest BCUT2D eigenvalue weighted by Crippen LogP contribution is -2.54. The van der Waals surface area contributed by atoms with Crippen molar-refractivity contribution in [3.05, 3.63) is 18.2 Å². The highest BCUT2D eigenvalue weighted by molar-refractivity contribution is 7.22. The highest BCUT2D eigenvalue weighted by atomic mass is 32.1. The van der Waals surface area contributed by atoms with Crippen molar-refractivity contribution < 1.29 is 4.74 Å². The summed E-state index contributed by atoms with van der Waals surface area (Å²) in [5.74, 6) is 0.886. The first kappa shape index (κ1) is 13.6. The number of fused-ring (bicyclic) bond motifs is 1. The molecule has 0 atom stereocenters. The van der Waals surface area contributed by atoms with Crippen LogP contribution in [0, 0.1) is 0 Å². The van der Waals surface area contributed by atoms with Crippen LogP contribution in [-0.2, 0) is 0 Å². The maximum Gasteiger partial charge on any atom is 0.183 e. The van der Waals surface area contributed by atoms with Crippen molar-refractivity contribution in [1.82, 2.24) is 9.88 Å². The average molecular weight is 291 g/mol. The molecule has 1 aromatic carbocycles. The smallest absolute Gasteiger partial charge is 0.183 e. The topological polar surface area (TPSA) is 37.4 Å². The molecule has 0 aliphatic heterocycles. The second-order valence-electron chi connectivity index (χ2n) is 5.68. The number of likely N-dealkylation sites (N-methyl/N-ethyl adjacent to an activating group) is 1. The number of thiazole rings is 1. The number of rotatable bonds is 5. The van der Waals surface area contributed by atoms with Gasteiger partial charge in [0, 0.05) is 12.1 Å². The number of anilines is 1. The maximum absolute atomic E-state index is 5.26. The Morgan fingerprint density at radius 3 is 2.80 bits per heavy atom. The first-order valence-electron chi connectivity index (χ1n) is 6.99. The highest BCUT2D eigenvalue weighted by Gasteiger charge is 2.38. The summed E-state index contributed by atoms with van der Waals surface area (Å²) < 4.78 is 6.42. The van der Waals surface area contributed by atoms with Gasteiger partial charge >= 0.3 is 0 Å². The molecule has 1 N–H and O–H groups in total. The van der Waals surface area contributed by atoms with E-state index in [4.69, 9.17) is 4.74 Å². The molecule has 2 aromatic rings. The molecule has 20 heavy (non-hydrogen) atoms. The van der Waals surface area contributed by atoms with Crippen molar-refractivity contribution in [3.8, 4) is 5.75 Å².